The van der Waals surface area contributed by atoms with E-state index in [1.807, 2.05) is 6.07 Å². The van der Waals surface area contributed by atoms with Crippen molar-refractivity contribution < 1.29 is 0 Å². The summed E-state index contributed by atoms with van der Waals surface area (Å²) in [6.45, 7) is 0. The van der Waals surface area contributed by atoms with Gasteiger partial charge in [-0.1, -0.05) is 49.5 Å². The first-order valence-corrected chi connectivity index (χ1v) is 8.41. The van der Waals surface area contributed by atoms with Crippen LogP contribution < -0.4 is 0 Å². The molecule has 3 rings (SSSR count). The number of alkyl halides is 1. The van der Waals surface area contributed by atoms with Crippen LogP contribution in [-0.4, -0.2) is 5.33 Å². The average molecular weight is 379 g/mol. The summed E-state index contributed by atoms with van der Waals surface area (Å²) in [5.74, 6) is 2.03. The van der Waals surface area contributed by atoms with Gasteiger partial charge in [0.2, 0.25) is 0 Å². The maximum atomic E-state index is 6.33. The summed E-state index contributed by atoms with van der Waals surface area (Å²) in [4.78, 5) is 0. The molecule has 0 aromatic heterocycles. The van der Waals surface area contributed by atoms with E-state index < -0.39 is 0 Å². The van der Waals surface area contributed by atoms with Crippen molar-refractivity contribution in [3.8, 4) is 0 Å². The molecule has 0 spiro atoms. The molecule has 2 fully saturated rings. The van der Waals surface area contributed by atoms with Crippen molar-refractivity contribution in [3.63, 3.8) is 0 Å². The van der Waals surface area contributed by atoms with E-state index in [4.69, 9.17) is 11.6 Å². The Morgan fingerprint density at radius 2 is 2.00 bits per heavy atom. The predicted octanol–water partition coefficient (Wildman–Crippen LogP) is 5.46. The molecule has 0 heterocycles. The SMILES string of the molecule is Clc1cc(Br)ccc1CC1(CBr)CC2CC2C1. The minimum absolute atomic E-state index is 0.463. The van der Waals surface area contributed by atoms with Gasteiger partial charge in [0.15, 0.2) is 0 Å². The Morgan fingerprint density at radius 3 is 2.59 bits per heavy atom. The maximum absolute atomic E-state index is 6.33. The minimum Gasteiger partial charge on any atom is -0.0922 e. The Bertz CT molecular complexity index is 434. The first-order valence-electron chi connectivity index (χ1n) is 6.12. The van der Waals surface area contributed by atoms with Crippen LogP contribution in [0.3, 0.4) is 0 Å². The summed E-state index contributed by atoms with van der Waals surface area (Å²) in [6, 6.07) is 6.27. The van der Waals surface area contributed by atoms with Crippen molar-refractivity contribution in [1.82, 2.24) is 0 Å². The topological polar surface area (TPSA) is 0 Å². The highest BCUT2D eigenvalue weighted by Gasteiger charge is 2.53. The number of benzene rings is 1. The maximum Gasteiger partial charge on any atom is 0.0449 e. The van der Waals surface area contributed by atoms with E-state index in [1.165, 1.54) is 24.8 Å². The second-order valence-corrected chi connectivity index (χ2v) is 7.59. The lowest BCUT2D eigenvalue weighted by atomic mass is 9.79. The summed E-state index contributed by atoms with van der Waals surface area (Å²) in [5.41, 5.74) is 1.76. The molecule has 0 N–H and O–H groups in total. The van der Waals surface area contributed by atoms with Crippen molar-refractivity contribution in [1.29, 1.82) is 0 Å². The molecule has 92 valence electrons. The lowest BCUT2D eigenvalue weighted by Gasteiger charge is -2.29. The van der Waals surface area contributed by atoms with Crippen molar-refractivity contribution in [2.75, 3.05) is 5.33 Å². The van der Waals surface area contributed by atoms with E-state index in [1.54, 1.807) is 0 Å². The van der Waals surface area contributed by atoms with Gasteiger partial charge in [0.1, 0.15) is 0 Å². The van der Waals surface area contributed by atoms with Crippen LogP contribution in [-0.2, 0) is 6.42 Å². The van der Waals surface area contributed by atoms with E-state index in [-0.39, 0.29) is 0 Å². The van der Waals surface area contributed by atoms with Gasteiger partial charge in [0, 0.05) is 14.8 Å². The van der Waals surface area contributed by atoms with Crippen LogP contribution in [0.25, 0.3) is 0 Å². The summed E-state index contributed by atoms with van der Waals surface area (Å²) < 4.78 is 1.06. The zero-order chi connectivity index (χ0) is 12.0. The average Bonchev–Trinajstić information content (AvgIpc) is 2.91. The predicted molar refractivity (Wildman–Crippen MR) is 79.9 cm³/mol. The molecule has 1 aromatic rings. The van der Waals surface area contributed by atoms with E-state index >= 15 is 0 Å². The third-order valence-electron chi connectivity index (χ3n) is 4.32. The molecular weight excluding hydrogens is 363 g/mol. The summed E-state index contributed by atoms with van der Waals surface area (Å²) in [6.07, 6.45) is 5.37. The normalized spacial score (nSPS) is 34.8. The van der Waals surface area contributed by atoms with Crippen molar-refractivity contribution in [3.05, 3.63) is 33.3 Å². The third-order valence-corrected chi connectivity index (χ3v) is 6.36. The molecule has 1 aromatic carbocycles. The lowest BCUT2D eigenvalue weighted by Crippen LogP contribution is -2.23. The highest BCUT2D eigenvalue weighted by molar-refractivity contribution is 9.10. The molecule has 2 unspecified atom stereocenters. The summed E-state index contributed by atoms with van der Waals surface area (Å²) in [5, 5.41) is 2.01. The smallest absolute Gasteiger partial charge is 0.0449 e. The van der Waals surface area contributed by atoms with Crippen LogP contribution in [0.15, 0.2) is 22.7 Å². The standard InChI is InChI=1S/C14H15Br2Cl/c15-8-14(6-10-3-11(10)7-14)5-9-1-2-12(16)4-13(9)17/h1-2,4,10-11H,3,5-8H2. The molecule has 2 saturated carbocycles. The molecule has 2 aliphatic carbocycles. The molecule has 0 saturated heterocycles. The first-order chi connectivity index (χ1) is 8.12. The Kier molecular flexibility index (Phi) is 3.34. The number of hydrogen-bond acceptors (Lipinski definition) is 0. The first kappa shape index (κ1) is 12.5. The van der Waals surface area contributed by atoms with Crippen LogP contribution in [0, 0.1) is 17.3 Å². The van der Waals surface area contributed by atoms with Crippen LogP contribution in [0.1, 0.15) is 24.8 Å². The number of halogens is 3. The zero-order valence-corrected chi connectivity index (χ0v) is 13.5. The van der Waals surface area contributed by atoms with Crippen molar-refractivity contribution in [2.24, 2.45) is 17.3 Å². The lowest BCUT2D eigenvalue weighted by molar-refractivity contribution is 0.308. The third kappa shape index (κ3) is 2.46. The molecule has 2 atom stereocenters. The number of fused-ring (bicyclic) bond motifs is 1. The summed E-state index contributed by atoms with van der Waals surface area (Å²) in [7, 11) is 0. The molecule has 2 aliphatic rings. The zero-order valence-electron chi connectivity index (χ0n) is 9.56. The van der Waals surface area contributed by atoms with Gasteiger partial charge in [0.25, 0.3) is 0 Å². The summed E-state index contributed by atoms with van der Waals surface area (Å²) >= 11 is 13.5. The Hall–Kier alpha value is 0.470. The van der Waals surface area contributed by atoms with Crippen molar-refractivity contribution in [2.45, 2.75) is 25.7 Å². The van der Waals surface area contributed by atoms with E-state index in [2.05, 4.69) is 44.0 Å². The van der Waals surface area contributed by atoms with Gasteiger partial charge < -0.3 is 0 Å². The van der Waals surface area contributed by atoms with Gasteiger partial charge in [-0.2, -0.15) is 0 Å². The van der Waals surface area contributed by atoms with Gasteiger partial charge in [-0.25, -0.2) is 0 Å². The molecular formula is C14H15Br2Cl. The molecule has 0 aliphatic heterocycles. The minimum atomic E-state index is 0.463. The second kappa shape index (κ2) is 4.54. The molecule has 17 heavy (non-hydrogen) atoms. The highest BCUT2D eigenvalue weighted by atomic mass is 79.9. The Labute approximate surface area is 124 Å². The fourth-order valence-corrected chi connectivity index (χ4v) is 4.77. The van der Waals surface area contributed by atoms with Gasteiger partial charge in [-0.05, 0) is 60.6 Å². The van der Waals surface area contributed by atoms with E-state index in [9.17, 15) is 0 Å². The van der Waals surface area contributed by atoms with E-state index in [0.29, 0.717) is 5.41 Å². The molecule has 3 heteroatoms. The van der Waals surface area contributed by atoms with Crippen LogP contribution in [0.2, 0.25) is 5.02 Å². The molecule has 0 bridgehead atoms. The van der Waals surface area contributed by atoms with Gasteiger partial charge in [-0.3, -0.25) is 0 Å². The largest absolute Gasteiger partial charge is 0.0922 e. The fraction of sp³-hybridized carbons (Fsp3) is 0.571. The molecule has 0 radical (unpaired) electrons. The Balaban J connectivity index is 1.81. The number of rotatable bonds is 3. The van der Waals surface area contributed by atoms with Gasteiger partial charge in [0.05, 0.1) is 0 Å². The van der Waals surface area contributed by atoms with Crippen LogP contribution in [0.5, 0.6) is 0 Å². The Morgan fingerprint density at radius 1 is 1.29 bits per heavy atom. The van der Waals surface area contributed by atoms with Crippen molar-refractivity contribution >= 4 is 43.5 Å². The van der Waals surface area contributed by atoms with Gasteiger partial charge in [-0.15, -0.1) is 0 Å². The van der Waals surface area contributed by atoms with Gasteiger partial charge >= 0.3 is 0 Å². The number of hydrogen-bond donors (Lipinski definition) is 0. The molecule has 0 nitrogen and oxygen atoms in total. The van der Waals surface area contributed by atoms with E-state index in [0.717, 1.165) is 33.1 Å². The van der Waals surface area contributed by atoms with Crippen LogP contribution in [0.4, 0.5) is 0 Å². The quantitative estimate of drug-likeness (QED) is 0.613. The highest BCUT2D eigenvalue weighted by Crippen LogP contribution is 2.61. The monoisotopic (exact) mass is 376 g/mol. The second-order valence-electron chi connectivity index (χ2n) is 5.71. The fourth-order valence-electron chi connectivity index (χ4n) is 3.38. The van der Waals surface area contributed by atoms with Crippen LogP contribution >= 0.6 is 43.5 Å². The molecule has 0 amide bonds.